The second-order valence-corrected chi connectivity index (χ2v) is 7.92. The smallest absolute Gasteiger partial charge is 0.151 e. The van der Waals surface area contributed by atoms with Crippen molar-refractivity contribution in [1.29, 1.82) is 0 Å². The molecule has 0 saturated heterocycles. The monoisotopic (exact) mass is 302 g/mol. The lowest BCUT2D eigenvalue weighted by Gasteiger charge is -2.29. The molecule has 0 aliphatic rings. The highest BCUT2D eigenvalue weighted by atomic mass is 32.2. The summed E-state index contributed by atoms with van der Waals surface area (Å²) < 4.78 is 28.1. The van der Waals surface area contributed by atoms with Gasteiger partial charge in [-0.3, -0.25) is 5.21 Å². The maximum absolute atomic E-state index is 11.5. The Morgan fingerprint density at radius 3 is 2.25 bits per heavy atom. The largest absolute Gasteiger partial charge is 0.733 e. The normalized spacial score (nSPS) is 12.3. The van der Waals surface area contributed by atoms with Gasteiger partial charge in [0.15, 0.2) is 9.84 Å². The molecule has 1 aromatic carbocycles. The molecule has 0 amide bonds. The van der Waals surface area contributed by atoms with E-state index in [2.05, 4.69) is 0 Å². The predicted octanol–water partition coefficient (Wildman–Crippen LogP) is 2.23. The fraction of sp³-hybridized carbons (Fsp3) is 0.538. The Hall–Kier alpha value is -1.31. The van der Waals surface area contributed by atoms with E-state index < -0.39 is 9.84 Å². The van der Waals surface area contributed by atoms with Crippen LogP contribution in [0.3, 0.4) is 0 Å². The second-order valence-electron chi connectivity index (χ2n) is 5.78. The van der Waals surface area contributed by atoms with Crippen molar-refractivity contribution in [3.05, 3.63) is 28.5 Å². The number of hydrogen-bond acceptors (Lipinski definition) is 6. The number of anilines is 1. The molecule has 0 heterocycles. The third-order valence-electron chi connectivity index (χ3n) is 2.84. The van der Waals surface area contributed by atoms with Crippen LogP contribution in [0.25, 0.3) is 0 Å². The maximum atomic E-state index is 11.5. The van der Waals surface area contributed by atoms with Gasteiger partial charge < -0.3 is 15.2 Å². The molecule has 0 spiro atoms. The third-order valence-corrected chi connectivity index (χ3v) is 3.68. The highest BCUT2D eigenvalue weighted by Crippen LogP contribution is 2.37. The molecule has 114 valence electrons. The van der Waals surface area contributed by atoms with Gasteiger partial charge in [0.25, 0.3) is 0 Å². The average Bonchev–Trinajstić information content (AvgIpc) is 2.24. The minimum atomic E-state index is -3.30. The van der Waals surface area contributed by atoms with Gasteiger partial charge in [-0.05, 0) is 17.0 Å². The number of hydrogen-bond donors (Lipinski definition) is 1. The first-order valence-corrected chi connectivity index (χ1v) is 8.07. The maximum Gasteiger partial charge on any atom is 0.151 e. The standard InChI is InChI=1S/C13H20NO5S/c1-13(2,3)10-6-9(8-20(5,17)18)12(19-4)11(7-10)14(15)16/h6-7,15H,8H2,1-5H3/q-1. The fourth-order valence-electron chi connectivity index (χ4n) is 1.87. The summed E-state index contributed by atoms with van der Waals surface area (Å²) in [7, 11) is -1.97. The van der Waals surface area contributed by atoms with E-state index in [-0.39, 0.29) is 27.8 Å². The number of rotatable bonds is 4. The summed E-state index contributed by atoms with van der Waals surface area (Å²) in [6, 6.07) is 3.19. The zero-order valence-corrected chi connectivity index (χ0v) is 13.1. The van der Waals surface area contributed by atoms with Gasteiger partial charge in [0.05, 0.1) is 18.6 Å². The van der Waals surface area contributed by atoms with Gasteiger partial charge in [-0.2, -0.15) is 0 Å². The molecule has 0 radical (unpaired) electrons. The van der Waals surface area contributed by atoms with Gasteiger partial charge in [-0.1, -0.05) is 26.8 Å². The van der Waals surface area contributed by atoms with Crippen molar-refractivity contribution in [2.75, 3.05) is 18.6 Å². The summed E-state index contributed by atoms with van der Waals surface area (Å²) in [5.41, 5.74) is 0.691. The van der Waals surface area contributed by atoms with E-state index in [4.69, 9.17) is 4.74 Å². The third kappa shape index (κ3) is 4.09. The van der Waals surface area contributed by atoms with E-state index in [1.807, 2.05) is 20.8 Å². The first-order valence-electron chi connectivity index (χ1n) is 6.01. The fourth-order valence-corrected chi connectivity index (χ4v) is 2.65. The quantitative estimate of drug-likeness (QED) is 0.858. The van der Waals surface area contributed by atoms with Gasteiger partial charge in [0.1, 0.15) is 5.75 Å². The SMILES string of the molecule is COc1c(CS(C)(=O)=O)cc(C(C)(C)C)cc1N([O-])O. The molecule has 0 aliphatic heterocycles. The number of benzene rings is 1. The molecule has 0 atom stereocenters. The summed E-state index contributed by atoms with van der Waals surface area (Å²) in [5.74, 6) is -0.193. The van der Waals surface area contributed by atoms with Crippen molar-refractivity contribution in [2.24, 2.45) is 0 Å². The van der Waals surface area contributed by atoms with Gasteiger partial charge in [0, 0.05) is 11.8 Å². The Morgan fingerprint density at radius 1 is 1.35 bits per heavy atom. The van der Waals surface area contributed by atoms with Crippen LogP contribution >= 0.6 is 0 Å². The van der Waals surface area contributed by atoms with Crippen molar-refractivity contribution < 1.29 is 18.4 Å². The van der Waals surface area contributed by atoms with Crippen molar-refractivity contribution >= 4 is 15.5 Å². The summed E-state index contributed by atoms with van der Waals surface area (Å²) >= 11 is 0. The molecule has 0 saturated carbocycles. The second kappa shape index (κ2) is 5.59. The van der Waals surface area contributed by atoms with Gasteiger partial charge in [-0.25, -0.2) is 8.42 Å². The van der Waals surface area contributed by atoms with Crippen LogP contribution in [-0.2, 0) is 21.0 Å². The lowest BCUT2D eigenvalue weighted by atomic mass is 9.85. The van der Waals surface area contributed by atoms with Gasteiger partial charge in [0.2, 0.25) is 0 Å². The van der Waals surface area contributed by atoms with Crippen molar-refractivity contribution in [1.82, 2.24) is 0 Å². The molecular weight excluding hydrogens is 282 g/mol. The summed E-state index contributed by atoms with van der Waals surface area (Å²) in [5, 5.41) is 20.2. The zero-order valence-electron chi connectivity index (χ0n) is 12.3. The predicted molar refractivity (Wildman–Crippen MR) is 77.9 cm³/mol. The molecule has 1 rings (SSSR count). The van der Waals surface area contributed by atoms with E-state index in [9.17, 15) is 18.8 Å². The van der Waals surface area contributed by atoms with E-state index >= 15 is 0 Å². The minimum Gasteiger partial charge on any atom is -0.733 e. The van der Waals surface area contributed by atoms with Crippen LogP contribution in [0.4, 0.5) is 5.69 Å². The van der Waals surface area contributed by atoms with Crippen LogP contribution in [0, 0.1) is 5.21 Å². The molecular formula is C13H20NO5S-. The minimum absolute atomic E-state index is 0.0703. The van der Waals surface area contributed by atoms with Crippen LogP contribution in [0.1, 0.15) is 31.9 Å². The average molecular weight is 302 g/mol. The van der Waals surface area contributed by atoms with Crippen molar-refractivity contribution in [2.45, 2.75) is 31.9 Å². The van der Waals surface area contributed by atoms with Crippen LogP contribution in [0.15, 0.2) is 12.1 Å². The topological polar surface area (TPSA) is 89.9 Å². The highest BCUT2D eigenvalue weighted by Gasteiger charge is 2.21. The van der Waals surface area contributed by atoms with E-state index in [0.29, 0.717) is 5.56 Å². The van der Waals surface area contributed by atoms with Crippen molar-refractivity contribution in [3.63, 3.8) is 0 Å². The highest BCUT2D eigenvalue weighted by molar-refractivity contribution is 7.89. The number of methoxy groups -OCH3 is 1. The zero-order chi connectivity index (χ0) is 15.7. The van der Waals surface area contributed by atoms with Crippen LogP contribution in [0.5, 0.6) is 5.75 Å². The van der Waals surface area contributed by atoms with Crippen LogP contribution in [0.2, 0.25) is 0 Å². The Morgan fingerprint density at radius 2 is 1.90 bits per heavy atom. The Kier molecular flexibility index (Phi) is 4.68. The summed E-state index contributed by atoms with van der Waals surface area (Å²) in [6.07, 6.45) is 1.10. The van der Waals surface area contributed by atoms with Crippen LogP contribution in [-0.4, -0.2) is 27.0 Å². The molecule has 1 aromatic rings. The molecule has 6 nitrogen and oxygen atoms in total. The molecule has 0 aliphatic carbocycles. The summed E-state index contributed by atoms with van der Waals surface area (Å²) in [4.78, 5) is 0. The molecule has 0 bridgehead atoms. The van der Waals surface area contributed by atoms with Gasteiger partial charge >= 0.3 is 0 Å². The Bertz CT molecular complexity index is 588. The molecule has 20 heavy (non-hydrogen) atoms. The summed E-state index contributed by atoms with van der Waals surface area (Å²) in [6.45, 7) is 5.78. The van der Waals surface area contributed by atoms with Crippen molar-refractivity contribution in [3.8, 4) is 5.75 Å². The lowest BCUT2D eigenvalue weighted by molar-refractivity contribution is 0.290. The molecule has 1 N–H and O–H groups in total. The Labute approximate surface area is 119 Å². The van der Waals surface area contributed by atoms with Crippen LogP contribution < -0.4 is 9.96 Å². The first kappa shape index (κ1) is 16.7. The number of nitrogens with zero attached hydrogens (tertiary/aromatic N) is 1. The number of sulfone groups is 1. The van der Waals surface area contributed by atoms with E-state index in [1.165, 1.54) is 13.2 Å². The van der Waals surface area contributed by atoms with E-state index in [1.54, 1.807) is 6.07 Å². The van der Waals surface area contributed by atoms with E-state index in [0.717, 1.165) is 11.8 Å². The Balaban J connectivity index is 3.57. The lowest BCUT2D eigenvalue weighted by Crippen LogP contribution is -2.17. The van der Waals surface area contributed by atoms with Gasteiger partial charge in [-0.15, -0.1) is 0 Å². The molecule has 7 heteroatoms. The number of ether oxygens (including phenoxy) is 1. The molecule has 0 unspecified atom stereocenters. The molecule has 0 aromatic heterocycles. The first-order chi connectivity index (χ1) is 8.95. The molecule has 0 fully saturated rings.